The van der Waals surface area contributed by atoms with Crippen molar-refractivity contribution in [2.75, 3.05) is 38.1 Å². The molecule has 0 spiro atoms. The third-order valence-electron chi connectivity index (χ3n) is 5.31. The van der Waals surface area contributed by atoms with E-state index >= 15 is 0 Å². The van der Waals surface area contributed by atoms with Crippen molar-refractivity contribution in [2.24, 2.45) is 7.05 Å². The first kappa shape index (κ1) is 16.9. The van der Waals surface area contributed by atoms with Gasteiger partial charge in [0.2, 0.25) is 0 Å². The second-order valence-corrected chi connectivity index (χ2v) is 7.35. The summed E-state index contributed by atoms with van der Waals surface area (Å²) in [6, 6.07) is 7.72. The summed E-state index contributed by atoms with van der Waals surface area (Å²) in [5.41, 5.74) is 3.00. The minimum absolute atomic E-state index is 0.172. The number of hydrogen-bond acceptors (Lipinski definition) is 6. The Kier molecular flexibility index (Phi) is 3.87. The van der Waals surface area contributed by atoms with Crippen LogP contribution in [0.2, 0.25) is 0 Å². The lowest BCUT2D eigenvalue weighted by Crippen LogP contribution is -2.44. The van der Waals surface area contributed by atoms with Gasteiger partial charge in [0.1, 0.15) is 5.82 Å². The fourth-order valence-corrected chi connectivity index (χ4v) is 3.68. The maximum absolute atomic E-state index is 12.7. The molecule has 0 radical (unpaired) electrons. The normalized spacial score (nSPS) is 15.6. The molecule has 0 unspecified atom stereocenters. The topological polar surface area (TPSA) is 82.9 Å². The number of piperazine rings is 1. The molecule has 0 bridgehead atoms. The summed E-state index contributed by atoms with van der Waals surface area (Å²) in [5.74, 6) is 0.517. The van der Waals surface area contributed by atoms with E-state index in [2.05, 4.69) is 36.9 Å². The van der Waals surface area contributed by atoms with E-state index in [1.54, 1.807) is 4.68 Å². The molecule has 1 aliphatic rings. The second kappa shape index (κ2) is 6.42. The summed E-state index contributed by atoms with van der Waals surface area (Å²) in [4.78, 5) is 29.3. The highest BCUT2D eigenvalue weighted by Gasteiger charge is 2.16. The number of H-pyrrole nitrogens is 1. The van der Waals surface area contributed by atoms with Crippen LogP contribution in [0, 0.1) is 0 Å². The highest BCUT2D eigenvalue weighted by Crippen LogP contribution is 2.23. The molecule has 1 fully saturated rings. The standard InChI is InChI=1S/C20H21N7O/c1-25-5-7-27(8-6-25)15-10-16-19(21-11-15)22-18(23-20(16)28)13-3-4-17-14(9-13)12-26(2)24-17/h3-4,9-12H,5-8H2,1-2H3,(H,21,22,23,28). The van der Waals surface area contributed by atoms with E-state index in [0.29, 0.717) is 16.9 Å². The Hall–Kier alpha value is -3.26. The van der Waals surface area contributed by atoms with Gasteiger partial charge in [-0.25, -0.2) is 9.97 Å². The lowest BCUT2D eigenvalue weighted by molar-refractivity contribution is 0.313. The summed E-state index contributed by atoms with van der Waals surface area (Å²) in [5, 5.41) is 5.90. The fraction of sp³-hybridized carbons (Fsp3) is 0.300. The molecule has 8 heteroatoms. The number of aromatic nitrogens is 5. The van der Waals surface area contributed by atoms with Gasteiger partial charge in [0.25, 0.3) is 5.56 Å². The lowest BCUT2D eigenvalue weighted by atomic mass is 10.1. The van der Waals surface area contributed by atoms with Crippen LogP contribution in [0.3, 0.4) is 0 Å². The first-order chi connectivity index (χ1) is 13.6. The van der Waals surface area contributed by atoms with Gasteiger partial charge in [0.05, 0.1) is 22.8 Å². The maximum Gasteiger partial charge on any atom is 0.260 e. The number of benzene rings is 1. The predicted octanol–water partition coefficient (Wildman–Crippen LogP) is 1.62. The van der Waals surface area contributed by atoms with Gasteiger partial charge in [-0.1, -0.05) is 0 Å². The summed E-state index contributed by atoms with van der Waals surface area (Å²) < 4.78 is 1.77. The number of nitrogens with one attached hydrogen (secondary N) is 1. The van der Waals surface area contributed by atoms with Crippen LogP contribution in [-0.4, -0.2) is 62.9 Å². The zero-order valence-corrected chi connectivity index (χ0v) is 15.9. The van der Waals surface area contributed by atoms with Crippen molar-refractivity contribution in [2.45, 2.75) is 0 Å². The third-order valence-corrected chi connectivity index (χ3v) is 5.31. The predicted molar refractivity (Wildman–Crippen MR) is 110 cm³/mol. The van der Waals surface area contributed by atoms with Gasteiger partial charge >= 0.3 is 0 Å². The van der Waals surface area contributed by atoms with Crippen LogP contribution >= 0.6 is 0 Å². The van der Waals surface area contributed by atoms with Gasteiger partial charge in [-0.05, 0) is 31.3 Å². The third kappa shape index (κ3) is 2.91. The van der Waals surface area contributed by atoms with Crippen molar-refractivity contribution in [1.82, 2.24) is 29.6 Å². The van der Waals surface area contributed by atoms with Crippen LogP contribution in [-0.2, 0) is 7.05 Å². The van der Waals surface area contributed by atoms with Gasteiger partial charge in [-0.15, -0.1) is 0 Å². The minimum atomic E-state index is -0.172. The number of hydrogen-bond donors (Lipinski definition) is 1. The van der Waals surface area contributed by atoms with Crippen LogP contribution < -0.4 is 10.5 Å². The number of nitrogens with zero attached hydrogens (tertiary/aromatic N) is 6. The molecule has 1 N–H and O–H groups in total. The summed E-state index contributed by atoms with van der Waals surface area (Å²) in [6.45, 7) is 3.86. The molecule has 3 aromatic heterocycles. The smallest absolute Gasteiger partial charge is 0.260 e. The number of likely N-dealkylation sites (N-methyl/N-ethyl adjacent to an activating group) is 1. The van der Waals surface area contributed by atoms with E-state index in [1.807, 2.05) is 43.7 Å². The molecule has 0 saturated carbocycles. The molecule has 1 aliphatic heterocycles. The Morgan fingerprint density at radius 3 is 2.71 bits per heavy atom. The fourth-order valence-electron chi connectivity index (χ4n) is 3.68. The van der Waals surface area contributed by atoms with E-state index < -0.39 is 0 Å². The molecule has 1 aromatic carbocycles. The number of aromatic amines is 1. The van der Waals surface area contributed by atoms with E-state index in [1.165, 1.54) is 0 Å². The highest BCUT2D eigenvalue weighted by atomic mass is 16.1. The van der Waals surface area contributed by atoms with E-state index in [0.717, 1.165) is 48.3 Å². The summed E-state index contributed by atoms with van der Waals surface area (Å²) >= 11 is 0. The van der Waals surface area contributed by atoms with E-state index in [-0.39, 0.29) is 5.56 Å². The van der Waals surface area contributed by atoms with Crippen molar-refractivity contribution in [3.63, 3.8) is 0 Å². The van der Waals surface area contributed by atoms with Crippen LogP contribution in [0.1, 0.15) is 0 Å². The number of pyridine rings is 1. The van der Waals surface area contributed by atoms with E-state index in [4.69, 9.17) is 0 Å². The van der Waals surface area contributed by atoms with Gasteiger partial charge in [-0.3, -0.25) is 9.48 Å². The molecule has 8 nitrogen and oxygen atoms in total. The molecule has 28 heavy (non-hydrogen) atoms. The minimum Gasteiger partial charge on any atom is -0.368 e. The zero-order chi connectivity index (χ0) is 19.3. The Morgan fingerprint density at radius 1 is 1.07 bits per heavy atom. The van der Waals surface area contributed by atoms with Gasteiger partial charge in [0, 0.05) is 50.4 Å². The van der Waals surface area contributed by atoms with Crippen LogP contribution in [0.5, 0.6) is 0 Å². The number of aryl methyl sites for hydroxylation is 1. The first-order valence-corrected chi connectivity index (χ1v) is 9.34. The quantitative estimate of drug-likeness (QED) is 0.573. The largest absolute Gasteiger partial charge is 0.368 e. The molecule has 0 aliphatic carbocycles. The van der Waals surface area contributed by atoms with Crippen molar-refractivity contribution in [3.05, 3.63) is 47.0 Å². The van der Waals surface area contributed by atoms with E-state index in [9.17, 15) is 4.79 Å². The van der Waals surface area contributed by atoms with Crippen molar-refractivity contribution >= 4 is 27.6 Å². The maximum atomic E-state index is 12.7. The van der Waals surface area contributed by atoms with Crippen molar-refractivity contribution in [1.29, 1.82) is 0 Å². The molecule has 0 amide bonds. The first-order valence-electron chi connectivity index (χ1n) is 9.34. The van der Waals surface area contributed by atoms with Crippen molar-refractivity contribution in [3.8, 4) is 11.4 Å². The Bertz CT molecular complexity index is 1230. The molecule has 4 aromatic rings. The SMILES string of the molecule is CN1CCN(c2cnc3nc(-c4ccc5nn(C)cc5c4)[nH]c(=O)c3c2)CC1. The molecule has 1 saturated heterocycles. The molecule has 5 rings (SSSR count). The summed E-state index contributed by atoms with van der Waals surface area (Å²) in [7, 11) is 4.01. The molecule has 0 atom stereocenters. The molecule has 4 heterocycles. The Morgan fingerprint density at radius 2 is 1.89 bits per heavy atom. The molecule has 142 valence electrons. The summed E-state index contributed by atoms with van der Waals surface area (Å²) in [6.07, 6.45) is 3.76. The van der Waals surface area contributed by atoms with Gasteiger partial charge in [-0.2, -0.15) is 5.10 Å². The number of rotatable bonds is 2. The second-order valence-electron chi connectivity index (χ2n) is 7.35. The Labute approximate surface area is 161 Å². The Balaban J connectivity index is 1.54. The lowest BCUT2D eigenvalue weighted by Gasteiger charge is -2.33. The van der Waals surface area contributed by atoms with Crippen LogP contribution in [0.4, 0.5) is 5.69 Å². The monoisotopic (exact) mass is 375 g/mol. The van der Waals surface area contributed by atoms with Crippen LogP contribution in [0.15, 0.2) is 41.5 Å². The average molecular weight is 375 g/mol. The van der Waals surface area contributed by atoms with Gasteiger partial charge in [0.15, 0.2) is 5.65 Å². The zero-order valence-electron chi connectivity index (χ0n) is 15.9. The number of fused-ring (bicyclic) bond motifs is 2. The molecular weight excluding hydrogens is 354 g/mol. The van der Waals surface area contributed by atoms with Gasteiger partial charge < -0.3 is 14.8 Å². The highest BCUT2D eigenvalue weighted by molar-refractivity contribution is 5.84. The van der Waals surface area contributed by atoms with Crippen molar-refractivity contribution < 1.29 is 0 Å². The number of anilines is 1. The van der Waals surface area contributed by atoms with Crippen LogP contribution in [0.25, 0.3) is 33.3 Å². The molecular formula is C20H21N7O. The average Bonchev–Trinajstić information content (AvgIpc) is 3.07.